The summed E-state index contributed by atoms with van der Waals surface area (Å²) in [7, 11) is 1.83. The molecule has 0 aliphatic carbocycles. The van der Waals surface area contributed by atoms with Crippen LogP contribution in [0.1, 0.15) is 28.2 Å². The van der Waals surface area contributed by atoms with Gasteiger partial charge in [-0.3, -0.25) is 9.48 Å². The highest BCUT2D eigenvalue weighted by atomic mass is 19.1. The minimum absolute atomic E-state index is 0.0434. The molecule has 3 rings (SSSR count). The Morgan fingerprint density at radius 1 is 1.27 bits per heavy atom. The van der Waals surface area contributed by atoms with E-state index < -0.39 is 0 Å². The molecule has 0 bridgehead atoms. The van der Waals surface area contributed by atoms with Crippen LogP contribution in [0.2, 0.25) is 0 Å². The highest BCUT2D eigenvalue weighted by Gasteiger charge is 2.21. The largest absolute Gasteiger partial charge is 0.333 e. The molecule has 2 aromatic rings. The number of carbonyl (C=O) groups is 1. The standard InChI is InChI=1S/C17H18FN3O/c1-12-11-16(19-20(12)2)17(22)21-9-7-14(8-10-21)13-3-5-15(18)6-4-13/h3-7,11H,8-10H2,1-2H3. The Balaban J connectivity index is 1.72. The van der Waals surface area contributed by atoms with Crippen molar-refractivity contribution < 1.29 is 9.18 Å². The lowest BCUT2D eigenvalue weighted by Gasteiger charge is -2.26. The Hall–Kier alpha value is -2.43. The van der Waals surface area contributed by atoms with Gasteiger partial charge in [-0.15, -0.1) is 0 Å². The number of hydrogen-bond donors (Lipinski definition) is 0. The van der Waals surface area contributed by atoms with E-state index in [9.17, 15) is 9.18 Å². The van der Waals surface area contributed by atoms with E-state index in [1.54, 1.807) is 21.7 Å². The summed E-state index contributed by atoms with van der Waals surface area (Å²) in [5.74, 6) is -0.277. The molecule has 1 amide bonds. The van der Waals surface area contributed by atoms with Gasteiger partial charge in [0.1, 0.15) is 5.82 Å². The maximum Gasteiger partial charge on any atom is 0.274 e. The second-order valence-electron chi connectivity index (χ2n) is 5.53. The van der Waals surface area contributed by atoms with Crippen molar-refractivity contribution in [1.82, 2.24) is 14.7 Å². The van der Waals surface area contributed by atoms with Crippen molar-refractivity contribution in [3.8, 4) is 0 Å². The summed E-state index contributed by atoms with van der Waals surface area (Å²) in [4.78, 5) is 14.2. The molecule has 0 saturated carbocycles. The number of carbonyl (C=O) groups excluding carboxylic acids is 1. The molecule has 5 heteroatoms. The van der Waals surface area contributed by atoms with Crippen molar-refractivity contribution in [3.63, 3.8) is 0 Å². The minimum Gasteiger partial charge on any atom is -0.333 e. The molecule has 2 heterocycles. The Morgan fingerprint density at radius 3 is 2.55 bits per heavy atom. The van der Waals surface area contributed by atoms with E-state index in [0.717, 1.165) is 23.3 Å². The molecule has 1 aliphatic heterocycles. The minimum atomic E-state index is -0.234. The van der Waals surface area contributed by atoms with Crippen LogP contribution in [0, 0.1) is 12.7 Å². The second-order valence-corrected chi connectivity index (χ2v) is 5.53. The number of nitrogens with zero attached hydrogens (tertiary/aromatic N) is 3. The van der Waals surface area contributed by atoms with Crippen LogP contribution in [-0.2, 0) is 7.05 Å². The SMILES string of the molecule is Cc1cc(C(=O)N2CC=C(c3ccc(F)cc3)CC2)nn1C. The van der Waals surface area contributed by atoms with Gasteiger partial charge in [-0.25, -0.2) is 4.39 Å². The zero-order chi connectivity index (χ0) is 15.7. The summed E-state index contributed by atoms with van der Waals surface area (Å²) < 4.78 is 14.7. The van der Waals surface area contributed by atoms with Crippen LogP contribution in [0.4, 0.5) is 4.39 Å². The van der Waals surface area contributed by atoms with Crippen molar-refractivity contribution in [3.05, 3.63) is 59.2 Å². The molecule has 0 atom stereocenters. The van der Waals surface area contributed by atoms with Crippen LogP contribution in [-0.4, -0.2) is 33.7 Å². The van der Waals surface area contributed by atoms with Crippen LogP contribution in [0.5, 0.6) is 0 Å². The fourth-order valence-corrected chi connectivity index (χ4v) is 2.61. The highest BCUT2D eigenvalue weighted by Crippen LogP contribution is 2.23. The first-order chi connectivity index (χ1) is 10.5. The van der Waals surface area contributed by atoms with Crippen LogP contribution in [0.15, 0.2) is 36.4 Å². The molecule has 0 unspecified atom stereocenters. The molecule has 0 saturated heterocycles. The van der Waals surface area contributed by atoms with Gasteiger partial charge in [-0.05, 0) is 42.7 Å². The number of benzene rings is 1. The molecule has 0 N–H and O–H groups in total. The third-order valence-corrected chi connectivity index (χ3v) is 4.04. The van der Waals surface area contributed by atoms with Gasteiger partial charge in [0.05, 0.1) is 0 Å². The number of halogens is 1. The van der Waals surface area contributed by atoms with Crippen LogP contribution < -0.4 is 0 Å². The lowest BCUT2D eigenvalue weighted by atomic mass is 9.99. The van der Waals surface area contributed by atoms with Crippen molar-refractivity contribution >= 4 is 11.5 Å². The van der Waals surface area contributed by atoms with Gasteiger partial charge < -0.3 is 4.90 Å². The lowest BCUT2D eigenvalue weighted by Crippen LogP contribution is -2.35. The van der Waals surface area contributed by atoms with Gasteiger partial charge in [0, 0.05) is 25.8 Å². The zero-order valence-corrected chi connectivity index (χ0v) is 12.7. The van der Waals surface area contributed by atoms with Crippen molar-refractivity contribution in [2.45, 2.75) is 13.3 Å². The summed E-state index contributed by atoms with van der Waals surface area (Å²) in [5.41, 5.74) is 3.62. The van der Waals surface area contributed by atoms with Gasteiger partial charge in [0.25, 0.3) is 5.91 Å². The number of aromatic nitrogens is 2. The predicted molar refractivity (Wildman–Crippen MR) is 82.8 cm³/mol. The predicted octanol–water partition coefficient (Wildman–Crippen LogP) is 2.80. The van der Waals surface area contributed by atoms with Gasteiger partial charge in [-0.1, -0.05) is 18.2 Å². The normalized spacial score (nSPS) is 14.9. The maximum atomic E-state index is 13.0. The van der Waals surface area contributed by atoms with Crippen LogP contribution >= 0.6 is 0 Å². The van der Waals surface area contributed by atoms with E-state index in [4.69, 9.17) is 0 Å². The fourth-order valence-electron chi connectivity index (χ4n) is 2.61. The first kappa shape index (κ1) is 14.5. The monoisotopic (exact) mass is 299 g/mol. The molecule has 0 spiro atoms. The van der Waals surface area contributed by atoms with Gasteiger partial charge in [0.15, 0.2) is 5.69 Å². The molecule has 4 nitrogen and oxygen atoms in total. The van der Waals surface area contributed by atoms with E-state index >= 15 is 0 Å². The van der Waals surface area contributed by atoms with E-state index in [1.165, 1.54) is 12.1 Å². The Morgan fingerprint density at radius 2 is 2.00 bits per heavy atom. The number of aryl methyl sites for hydroxylation is 2. The first-order valence-corrected chi connectivity index (χ1v) is 7.29. The molecule has 1 aromatic heterocycles. The van der Waals surface area contributed by atoms with Crippen molar-refractivity contribution in [2.24, 2.45) is 7.05 Å². The molecule has 0 radical (unpaired) electrons. The van der Waals surface area contributed by atoms with Crippen LogP contribution in [0.25, 0.3) is 5.57 Å². The number of rotatable bonds is 2. The summed E-state index contributed by atoms with van der Waals surface area (Å²) in [6.45, 7) is 3.13. The van der Waals surface area contributed by atoms with E-state index in [-0.39, 0.29) is 11.7 Å². The summed E-state index contributed by atoms with van der Waals surface area (Å²) in [6, 6.07) is 8.29. The Kier molecular flexibility index (Phi) is 3.79. The summed E-state index contributed by atoms with van der Waals surface area (Å²) in [6.07, 6.45) is 2.80. The smallest absolute Gasteiger partial charge is 0.274 e. The lowest BCUT2D eigenvalue weighted by molar-refractivity contribution is 0.0766. The summed E-state index contributed by atoms with van der Waals surface area (Å²) >= 11 is 0. The Labute approximate surface area is 128 Å². The zero-order valence-electron chi connectivity index (χ0n) is 12.7. The molecule has 1 aromatic carbocycles. The van der Waals surface area contributed by atoms with Crippen molar-refractivity contribution in [1.29, 1.82) is 0 Å². The number of amides is 1. The van der Waals surface area contributed by atoms with Crippen LogP contribution in [0.3, 0.4) is 0 Å². The number of hydrogen-bond acceptors (Lipinski definition) is 2. The molecular weight excluding hydrogens is 281 g/mol. The van der Waals surface area contributed by atoms with Gasteiger partial charge >= 0.3 is 0 Å². The van der Waals surface area contributed by atoms with E-state index in [2.05, 4.69) is 5.10 Å². The topological polar surface area (TPSA) is 38.1 Å². The van der Waals surface area contributed by atoms with Crippen molar-refractivity contribution in [2.75, 3.05) is 13.1 Å². The fraction of sp³-hybridized carbons (Fsp3) is 0.294. The third-order valence-electron chi connectivity index (χ3n) is 4.04. The quantitative estimate of drug-likeness (QED) is 0.855. The molecule has 22 heavy (non-hydrogen) atoms. The highest BCUT2D eigenvalue weighted by molar-refractivity contribution is 5.93. The Bertz CT molecular complexity index is 711. The van der Waals surface area contributed by atoms with E-state index in [1.807, 2.05) is 26.1 Å². The average Bonchev–Trinajstić information content (AvgIpc) is 2.87. The first-order valence-electron chi connectivity index (χ1n) is 7.29. The molecular formula is C17H18FN3O. The third kappa shape index (κ3) is 2.79. The molecule has 0 fully saturated rings. The maximum absolute atomic E-state index is 13.0. The second kappa shape index (κ2) is 5.75. The average molecular weight is 299 g/mol. The molecule has 114 valence electrons. The van der Waals surface area contributed by atoms with Gasteiger partial charge in [0.2, 0.25) is 0 Å². The molecule has 1 aliphatic rings. The van der Waals surface area contributed by atoms with Gasteiger partial charge in [-0.2, -0.15) is 5.10 Å². The van der Waals surface area contributed by atoms with E-state index in [0.29, 0.717) is 18.8 Å². The summed E-state index contributed by atoms with van der Waals surface area (Å²) in [5, 5.41) is 4.24.